The summed E-state index contributed by atoms with van der Waals surface area (Å²) in [4.78, 5) is 4.32. The van der Waals surface area contributed by atoms with Crippen LogP contribution in [-0.4, -0.2) is 18.2 Å². The Balaban J connectivity index is 2.72. The molecule has 0 amide bonds. The van der Waals surface area contributed by atoms with E-state index < -0.39 is 6.36 Å². The predicted octanol–water partition coefficient (Wildman–Crippen LogP) is 4.66. The van der Waals surface area contributed by atoms with Crippen molar-refractivity contribution in [3.63, 3.8) is 0 Å². The first kappa shape index (κ1) is 17.3. The Hall–Kier alpha value is -1.72. The minimum atomic E-state index is -4.68. The molecule has 0 bridgehead atoms. The number of nitrogens with one attached hydrogen (secondary N) is 1. The van der Waals surface area contributed by atoms with Crippen LogP contribution in [0, 0.1) is 5.41 Å². The molecule has 1 unspecified atom stereocenters. The van der Waals surface area contributed by atoms with E-state index >= 15 is 0 Å². The quantitative estimate of drug-likeness (QED) is 0.651. The molecule has 0 aliphatic rings. The van der Waals surface area contributed by atoms with Crippen LogP contribution in [0.15, 0.2) is 29.3 Å². The summed E-state index contributed by atoms with van der Waals surface area (Å²) < 4.78 is 39.9. The van der Waals surface area contributed by atoms with Gasteiger partial charge in [-0.25, -0.2) is 4.99 Å². The zero-order valence-electron chi connectivity index (χ0n) is 12.9. The second-order valence-electron chi connectivity index (χ2n) is 5.97. The summed E-state index contributed by atoms with van der Waals surface area (Å²) in [6.07, 6.45) is -4.68. The second-order valence-corrected chi connectivity index (χ2v) is 5.97. The standard InChI is InChI=1S/C15H21F3N2O/c1-10(14(3,4)5)19-11(2)20-12-6-8-13(9-7-12)21-15(16,17)18/h6-10H,1-5H3,(H,19,20). The van der Waals surface area contributed by atoms with Gasteiger partial charge in [-0.2, -0.15) is 0 Å². The monoisotopic (exact) mass is 302 g/mol. The van der Waals surface area contributed by atoms with Crippen LogP contribution < -0.4 is 10.1 Å². The Labute approximate surface area is 123 Å². The van der Waals surface area contributed by atoms with Crippen LogP contribution in [0.2, 0.25) is 0 Å². The molecule has 3 nitrogen and oxygen atoms in total. The molecule has 21 heavy (non-hydrogen) atoms. The molecule has 0 radical (unpaired) electrons. The van der Waals surface area contributed by atoms with E-state index in [-0.39, 0.29) is 17.2 Å². The topological polar surface area (TPSA) is 33.6 Å². The molecule has 1 atom stereocenters. The van der Waals surface area contributed by atoms with Gasteiger partial charge in [0.15, 0.2) is 0 Å². The van der Waals surface area contributed by atoms with Crippen molar-refractivity contribution in [3.05, 3.63) is 24.3 Å². The first-order valence-corrected chi connectivity index (χ1v) is 6.65. The normalized spacial score (nSPS) is 14.8. The minimum Gasteiger partial charge on any atom is -0.406 e. The van der Waals surface area contributed by atoms with Crippen LogP contribution in [-0.2, 0) is 0 Å². The highest BCUT2D eigenvalue weighted by Crippen LogP contribution is 2.25. The van der Waals surface area contributed by atoms with Gasteiger partial charge in [-0.15, -0.1) is 13.2 Å². The van der Waals surface area contributed by atoms with Crippen LogP contribution in [0.25, 0.3) is 0 Å². The molecule has 0 aromatic heterocycles. The Morgan fingerprint density at radius 3 is 2.10 bits per heavy atom. The molecule has 0 aliphatic heterocycles. The fraction of sp³-hybridized carbons (Fsp3) is 0.533. The molecule has 118 valence electrons. The molecule has 0 saturated carbocycles. The number of aliphatic imine (C=N–C) groups is 1. The van der Waals surface area contributed by atoms with Crippen LogP contribution >= 0.6 is 0 Å². The van der Waals surface area contributed by atoms with Crippen molar-refractivity contribution in [2.24, 2.45) is 10.4 Å². The first-order valence-electron chi connectivity index (χ1n) is 6.65. The lowest BCUT2D eigenvalue weighted by Crippen LogP contribution is -2.40. The van der Waals surface area contributed by atoms with Crippen molar-refractivity contribution in [2.45, 2.75) is 47.0 Å². The zero-order chi connectivity index (χ0) is 16.3. The third kappa shape index (κ3) is 6.51. The molecule has 0 spiro atoms. The van der Waals surface area contributed by atoms with Gasteiger partial charge in [0, 0.05) is 6.04 Å². The molecule has 0 heterocycles. The smallest absolute Gasteiger partial charge is 0.406 e. The molecule has 1 aromatic rings. The van der Waals surface area contributed by atoms with Gasteiger partial charge in [-0.05, 0) is 43.5 Å². The number of benzene rings is 1. The number of hydrogen-bond donors (Lipinski definition) is 1. The van der Waals surface area contributed by atoms with Gasteiger partial charge < -0.3 is 10.1 Å². The van der Waals surface area contributed by atoms with E-state index in [1.54, 1.807) is 0 Å². The third-order valence-electron chi connectivity index (χ3n) is 3.09. The summed E-state index contributed by atoms with van der Waals surface area (Å²) in [6.45, 7) is 10.2. The first-order chi connectivity index (χ1) is 9.47. The molecule has 0 fully saturated rings. The summed E-state index contributed by atoms with van der Waals surface area (Å²) >= 11 is 0. The molecule has 1 rings (SSSR count). The third-order valence-corrected chi connectivity index (χ3v) is 3.09. The van der Waals surface area contributed by atoms with Crippen molar-refractivity contribution < 1.29 is 17.9 Å². The fourth-order valence-corrected chi connectivity index (χ4v) is 1.48. The summed E-state index contributed by atoms with van der Waals surface area (Å²) in [5.74, 6) is 0.456. The Morgan fingerprint density at radius 2 is 1.67 bits per heavy atom. The largest absolute Gasteiger partial charge is 0.573 e. The van der Waals surface area contributed by atoms with Crippen molar-refractivity contribution in [1.29, 1.82) is 0 Å². The number of rotatable bonds is 3. The molecule has 1 N–H and O–H groups in total. The van der Waals surface area contributed by atoms with Crippen molar-refractivity contribution in [1.82, 2.24) is 5.32 Å². The van der Waals surface area contributed by atoms with E-state index in [4.69, 9.17) is 0 Å². The maximum atomic E-state index is 12.0. The number of nitrogens with zero attached hydrogens (tertiary/aromatic N) is 1. The number of hydrogen-bond acceptors (Lipinski definition) is 2. The van der Waals surface area contributed by atoms with E-state index in [0.29, 0.717) is 11.5 Å². The summed E-state index contributed by atoms with van der Waals surface area (Å²) in [5, 5.41) is 3.26. The van der Waals surface area contributed by atoms with Gasteiger partial charge in [0.25, 0.3) is 0 Å². The SMILES string of the molecule is C/C(=N\c1ccc(OC(F)(F)F)cc1)NC(C)C(C)(C)C. The van der Waals surface area contributed by atoms with E-state index in [1.807, 2.05) is 6.92 Å². The van der Waals surface area contributed by atoms with Crippen LogP contribution in [0.4, 0.5) is 18.9 Å². The maximum Gasteiger partial charge on any atom is 0.573 e. The predicted molar refractivity (Wildman–Crippen MR) is 77.9 cm³/mol. The Morgan fingerprint density at radius 1 is 1.14 bits per heavy atom. The maximum absolute atomic E-state index is 12.0. The van der Waals surface area contributed by atoms with Crippen molar-refractivity contribution >= 4 is 11.5 Å². The lowest BCUT2D eigenvalue weighted by molar-refractivity contribution is -0.274. The van der Waals surface area contributed by atoms with Crippen LogP contribution in [0.5, 0.6) is 5.75 Å². The zero-order valence-corrected chi connectivity index (χ0v) is 12.9. The van der Waals surface area contributed by atoms with Gasteiger partial charge in [0.1, 0.15) is 5.75 Å². The highest BCUT2D eigenvalue weighted by molar-refractivity contribution is 5.82. The van der Waals surface area contributed by atoms with E-state index in [0.717, 1.165) is 0 Å². The molecule has 1 aromatic carbocycles. The fourth-order valence-electron chi connectivity index (χ4n) is 1.48. The molecular weight excluding hydrogens is 281 g/mol. The van der Waals surface area contributed by atoms with E-state index in [9.17, 15) is 13.2 Å². The number of amidine groups is 1. The van der Waals surface area contributed by atoms with E-state index in [1.165, 1.54) is 24.3 Å². The van der Waals surface area contributed by atoms with Gasteiger partial charge in [0.2, 0.25) is 0 Å². The number of alkyl halides is 3. The molecule has 0 aliphatic carbocycles. The van der Waals surface area contributed by atoms with Gasteiger partial charge in [0.05, 0.1) is 11.5 Å². The Kier molecular flexibility index (Phi) is 5.25. The highest BCUT2D eigenvalue weighted by Gasteiger charge is 2.30. The number of ether oxygens (including phenoxy) is 1. The van der Waals surface area contributed by atoms with Crippen LogP contribution in [0.1, 0.15) is 34.6 Å². The average Bonchev–Trinajstić information content (AvgIpc) is 2.28. The van der Waals surface area contributed by atoms with Crippen molar-refractivity contribution in [2.75, 3.05) is 0 Å². The van der Waals surface area contributed by atoms with Crippen LogP contribution in [0.3, 0.4) is 0 Å². The minimum absolute atomic E-state index is 0.0845. The van der Waals surface area contributed by atoms with Gasteiger partial charge in [-0.1, -0.05) is 20.8 Å². The average molecular weight is 302 g/mol. The van der Waals surface area contributed by atoms with E-state index in [2.05, 4.69) is 42.7 Å². The second kappa shape index (κ2) is 6.37. The summed E-state index contributed by atoms with van der Waals surface area (Å²) in [7, 11) is 0. The van der Waals surface area contributed by atoms with Crippen molar-refractivity contribution in [3.8, 4) is 5.75 Å². The lowest BCUT2D eigenvalue weighted by atomic mass is 9.88. The summed E-state index contributed by atoms with van der Waals surface area (Å²) in [6, 6.07) is 5.66. The Bertz CT molecular complexity index is 487. The molecule has 0 saturated heterocycles. The summed E-state index contributed by atoms with van der Waals surface area (Å²) in [5.41, 5.74) is 0.650. The lowest BCUT2D eigenvalue weighted by Gasteiger charge is -2.28. The number of halogens is 3. The van der Waals surface area contributed by atoms with Gasteiger partial charge >= 0.3 is 6.36 Å². The van der Waals surface area contributed by atoms with Gasteiger partial charge in [-0.3, -0.25) is 0 Å². The molecular formula is C15H21F3N2O. The highest BCUT2D eigenvalue weighted by atomic mass is 19.4. The molecule has 6 heteroatoms.